The van der Waals surface area contributed by atoms with Crippen LogP contribution in [0.2, 0.25) is 5.02 Å². The van der Waals surface area contributed by atoms with Crippen molar-refractivity contribution in [1.82, 2.24) is 4.98 Å². The fourth-order valence-corrected chi connectivity index (χ4v) is 2.62. The number of aryl methyl sites for hydroxylation is 1. The van der Waals surface area contributed by atoms with Gasteiger partial charge in [0.25, 0.3) is 0 Å². The molecule has 0 spiro atoms. The summed E-state index contributed by atoms with van der Waals surface area (Å²) in [6.07, 6.45) is 0.773. The predicted molar refractivity (Wildman–Crippen MR) is 78.8 cm³/mol. The van der Waals surface area contributed by atoms with E-state index in [4.69, 9.17) is 11.6 Å². The van der Waals surface area contributed by atoms with E-state index in [-0.39, 0.29) is 0 Å². The lowest BCUT2D eigenvalue weighted by molar-refractivity contribution is 0.112. The van der Waals surface area contributed by atoms with Crippen molar-refractivity contribution < 1.29 is 9.18 Å². The molecule has 0 bridgehead atoms. The normalized spacial score (nSPS) is 10.9. The van der Waals surface area contributed by atoms with Gasteiger partial charge in [-0.15, -0.1) is 0 Å². The summed E-state index contributed by atoms with van der Waals surface area (Å²) in [5.41, 5.74) is 3.42. The summed E-state index contributed by atoms with van der Waals surface area (Å²) in [4.78, 5) is 14.6. The zero-order valence-corrected chi connectivity index (χ0v) is 11.5. The molecule has 2 nitrogen and oxygen atoms in total. The van der Waals surface area contributed by atoms with Crippen molar-refractivity contribution in [3.63, 3.8) is 0 Å². The number of aromatic amines is 1. The molecule has 0 atom stereocenters. The molecule has 3 rings (SSSR count). The molecule has 0 unspecified atom stereocenters. The number of nitrogens with one attached hydrogen (secondary N) is 1. The Kier molecular flexibility index (Phi) is 3.07. The Morgan fingerprint density at radius 3 is 2.80 bits per heavy atom. The van der Waals surface area contributed by atoms with Crippen molar-refractivity contribution in [3.8, 4) is 11.3 Å². The summed E-state index contributed by atoms with van der Waals surface area (Å²) in [6.45, 7) is 1.95. The highest BCUT2D eigenvalue weighted by Crippen LogP contribution is 2.34. The first kappa shape index (κ1) is 12.9. The highest BCUT2D eigenvalue weighted by molar-refractivity contribution is 6.33. The molecule has 0 saturated heterocycles. The maximum Gasteiger partial charge on any atom is 0.152 e. The fourth-order valence-electron chi connectivity index (χ4n) is 2.41. The molecule has 4 heteroatoms. The molecule has 0 saturated carbocycles. The molecule has 1 heterocycles. The minimum atomic E-state index is -0.392. The van der Waals surface area contributed by atoms with E-state index >= 15 is 0 Å². The summed E-state index contributed by atoms with van der Waals surface area (Å²) in [5.74, 6) is -0.392. The van der Waals surface area contributed by atoms with E-state index in [9.17, 15) is 9.18 Å². The van der Waals surface area contributed by atoms with Crippen molar-refractivity contribution in [2.45, 2.75) is 6.92 Å². The fraction of sp³-hybridized carbons (Fsp3) is 0.0625. The van der Waals surface area contributed by atoms with Gasteiger partial charge in [-0.3, -0.25) is 4.79 Å². The first-order chi connectivity index (χ1) is 9.61. The number of aldehydes is 1. The van der Waals surface area contributed by atoms with E-state index in [1.807, 2.05) is 25.1 Å². The third-order valence-corrected chi connectivity index (χ3v) is 3.73. The van der Waals surface area contributed by atoms with Crippen molar-refractivity contribution >= 4 is 28.8 Å². The topological polar surface area (TPSA) is 32.9 Å². The van der Waals surface area contributed by atoms with E-state index in [1.165, 1.54) is 18.2 Å². The zero-order valence-electron chi connectivity index (χ0n) is 10.7. The van der Waals surface area contributed by atoms with Gasteiger partial charge in [-0.25, -0.2) is 4.39 Å². The van der Waals surface area contributed by atoms with Crippen LogP contribution in [0.25, 0.3) is 22.2 Å². The van der Waals surface area contributed by atoms with Gasteiger partial charge in [0.05, 0.1) is 10.7 Å². The van der Waals surface area contributed by atoms with Crippen molar-refractivity contribution in [1.29, 1.82) is 0 Å². The van der Waals surface area contributed by atoms with Gasteiger partial charge in [-0.2, -0.15) is 0 Å². The number of benzene rings is 2. The van der Waals surface area contributed by atoms with Gasteiger partial charge in [0.1, 0.15) is 5.82 Å². The molecular weight excluding hydrogens is 277 g/mol. The summed E-state index contributed by atoms with van der Waals surface area (Å²) in [7, 11) is 0. The van der Waals surface area contributed by atoms with Gasteiger partial charge in [-0.1, -0.05) is 29.8 Å². The first-order valence-corrected chi connectivity index (χ1v) is 6.51. The van der Waals surface area contributed by atoms with Gasteiger partial charge in [-0.05, 0) is 30.7 Å². The van der Waals surface area contributed by atoms with Crippen LogP contribution in [0.5, 0.6) is 0 Å². The number of hydrogen-bond acceptors (Lipinski definition) is 1. The van der Waals surface area contributed by atoms with E-state index in [0.29, 0.717) is 21.8 Å². The second kappa shape index (κ2) is 4.76. The third kappa shape index (κ3) is 1.91. The van der Waals surface area contributed by atoms with Gasteiger partial charge in [0.15, 0.2) is 6.29 Å². The summed E-state index contributed by atoms with van der Waals surface area (Å²) < 4.78 is 13.4. The second-order valence-corrected chi connectivity index (χ2v) is 5.06. The molecule has 3 aromatic rings. The summed E-state index contributed by atoms with van der Waals surface area (Å²) >= 11 is 6.12. The highest BCUT2D eigenvalue weighted by atomic mass is 35.5. The number of carbonyl (C=O) groups excluding carboxylic acids is 1. The summed E-state index contributed by atoms with van der Waals surface area (Å²) in [5, 5.41) is 1.22. The van der Waals surface area contributed by atoms with Gasteiger partial charge in [0, 0.05) is 22.0 Å². The van der Waals surface area contributed by atoms with Gasteiger partial charge < -0.3 is 4.98 Å². The van der Waals surface area contributed by atoms with Crippen LogP contribution in [-0.2, 0) is 0 Å². The number of carbonyl (C=O) groups is 1. The SMILES string of the molecule is Cc1cccc2c(C=O)c(-c3cc(F)ccc3Cl)[nH]c12. The van der Waals surface area contributed by atoms with E-state index < -0.39 is 5.82 Å². The van der Waals surface area contributed by atoms with Crippen LogP contribution in [0.3, 0.4) is 0 Å². The number of aromatic nitrogens is 1. The molecule has 0 aliphatic heterocycles. The maximum atomic E-state index is 13.4. The Morgan fingerprint density at radius 1 is 1.25 bits per heavy atom. The molecule has 0 aliphatic rings. The predicted octanol–water partition coefficient (Wildman–Crippen LogP) is 4.75. The number of hydrogen-bond donors (Lipinski definition) is 1. The van der Waals surface area contributed by atoms with Crippen molar-refractivity contribution in [2.75, 3.05) is 0 Å². The van der Waals surface area contributed by atoms with Crippen LogP contribution < -0.4 is 0 Å². The molecular formula is C16H11ClFNO. The van der Waals surface area contributed by atoms with Crippen molar-refractivity contribution in [3.05, 3.63) is 58.4 Å². The Hall–Kier alpha value is -2.13. The van der Waals surface area contributed by atoms with E-state index in [2.05, 4.69) is 4.98 Å². The Labute approximate surface area is 120 Å². The molecule has 1 aromatic heterocycles. The molecule has 1 N–H and O–H groups in total. The molecule has 0 amide bonds. The molecule has 0 aliphatic carbocycles. The van der Waals surface area contributed by atoms with Crippen LogP contribution in [-0.4, -0.2) is 11.3 Å². The monoisotopic (exact) mass is 287 g/mol. The standard InChI is InChI=1S/C16H11ClFNO/c1-9-3-2-4-11-13(8-20)16(19-15(9)11)12-7-10(18)5-6-14(12)17/h2-8,19H,1H3. The van der Waals surface area contributed by atoms with E-state index in [0.717, 1.165) is 22.8 Å². The van der Waals surface area contributed by atoms with Gasteiger partial charge in [0.2, 0.25) is 0 Å². The average molecular weight is 288 g/mol. The maximum absolute atomic E-state index is 13.4. The molecule has 20 heavy (non-hydrogen) atoms. The largest absolute Gasteiger partial charge is 0.354 e. The number of rotatable bonds is 2. The second-order valence-electron chi connectivity index (χ2n) is 4.65. The molecule has 0 radical (unpaired) electrons. The lowest BCUT2D eigenvalue weighted by Gasteiger charge is -2.03. The minimum absolute atomic E-state index is 0.392. The Morgan fingerprint density at radius 2 is 2.05 bits per heavy atom. The van der Waals surface area contributed by atoms with Gasteiger partial charge >= 0.3 is 0 Å². The minimum Gasteiger partial charge on any atom is -0.354 e. The van der Waals surface area contributed by atoms with Crippen molar-refractivity contribution in [2.24, 2.45) is 0 Å². The average Bonchev–Trinajstić information content (AvgIpc) is 2.81. The summed E-state index contributed by atoms with van der Waals surface area (Å²) in [6, 6.07) is 9.80. The molecule has 0 fully saturated rings. The van der Waals surface area contributed by atoms with Crippen LogP contribution >= 0.6 is 11.6 Å². The number of H-pyrrole nitrogens is 1. The molecule has 100 valence electrons. The van der Waals surface area contributed by atoms with Crippen LogP contribution in [0.15, 0.2) is 36.4 Å². The lowest BCUT2D eigenvalue weighted by Crippen LogP contribution is -1.87. The van der Waals surface area contributed by atoms with E-state index in [1.54, 1.807) is 0 Å². The van der Waals surface area contributed by atoms with Crippen LogP contribution in [0.4, 0.5) is 4.39 Å². The van der Waals surface area contributed by atoms with Crippen LogP contribution in [0.1, 0.15) is 15.9 Å². The Balaban J connectivity index is 2.39. The highest BCUT2D eigenvalue weighted by Gasteiger charge is 2.16. The first-order valence-electron chi connectivity index (χ1n) is 6.13. The lowest BCUT2D eigenvalue weighted by atomic mass is 10.1. The number of para-hydroxylation sites is 1. The third-order valence-electron chi connectivity index (χ3n) is 3.40. The zero-order chi connectivity index (χ0) is 14.3. The smallest absolute Gasteiger partial charge is 0.152 e. The quantitative estimate of drug-likeness (QED) is 0.678. The Bertz CT molecular complexity index is 823. The molecule has 2 aromatic carbocycles. The van der Waals surface area contributed by atoms with Crippen LogP contribution in [0, 0.1) is 12.7 Å². The number of halogens is 2. The number of fused-ring (bicyclic) bond motifs is 1.